The Morgan fingerprint density at radius 2 is 1.94 bits per heavy atom. The molecule has 3 N–H and O–H groups in total. The molecule has 1 aliphatic heterocycles. The van der Waals surface area contributed by atoms with Crippen molar-refractivity contribution < 1.29 is 23.6 Å². The van der Waals surface area contributed by atoms with Gasteiger partial charge in [0.15, 0.2) is 0 Å². The van der Waals surface area contributed by atoms with Gasteiger partial charge in [0.25, 0.3) is 11.8 Å². The summed E-state index contributed by atoms with van der Waals surface area (Å²) in [6.07, 6.45) is 0. The quantitative estimate of drug-likeness (QED) is 0.593. The minimum absolute atomic E-state index is 0.0235. The van der Waals surface area contributed by atoms with E-state index in [1.807, 2.05) is 0 Å². The highest BCUT2D eigenvalue weighted by Crippen LogP contribution is 2.33. The normalized spacial score (nSPS) is 18.0. The second-order valence-electron chi connectivity index (χ2n) is 7.06. The molecule has 1 aliphatic rings. The standard InChI is InChI=1S/C21H20ClFN4O4/c1-3-24-18(29)12-5-4-6-14(9-12)25-17(28)11-27-19(30)21(2,26-20(27)31)15-8-7-13(23)10-16(15)22/h4-10H,3,11H2,1-2H3,(H,24,29)(H,25,28)(H,26,31). The molecule has 2 aromatic carbocycles. The van der Waals surface area contributed by atoms with Crippen molar-refractivity contribution in [3.8, 4) is 0 Å². The second kappa shape index (κ2) is 8.73. The Morgan fingerprint density at radius 3 is 2.61 bits per heavy atom. The van der Waals surface area contributed by atoms with E-state index in [-0.39, 0.29) is 16.5 Å². The molecule has 3 rings (SSSR count). The molecular formula is C21H20ClFN4O4. The number of carbonyl (C=O) groups is 4. The topological polar surface area (TPSA) is 108 Å². The maximum absolute atomic E-state index is 13.4. The van der Waals surface area contributed by atoms with E-state index in [2.05, 4.69) is 16.0 Å². The van der Waals surface area contributed by atoms with Crippen molar-refractivity contribution in [2.75, 3.05) is 18.4 Å². The van der Waals surface area contributed by atoms with Crippen LogP contribution in [-0.2, 0) is 15.1 Å². The third-order valence-electron chi connectivity index (χ3n) is 4.79. The predicted octanol–water partition coefficient (Wildman–Crippen LogP) is 2.63. The molecule has 0 aromatic heterocycles. The van der Waals surface area contributed by atoms with E-state index < -0.39 is 35.7 Å². The van der Waals surface area contributed by atoms with E-state index in [1.165, 1.54) is 19.1 Å². The number of hydrogen-bond acceptors (Lipinski definition) is 4. The first-order valence-corrected chi connectivity index (χ1v) is 9.81. The van der Waals surface area contributed by atoms with Gasteiger partial charge in [-0.3, -0.25) is 19.3 Å². The summed E-state index contributed by atoms with van der Waals surface area (Å²) in [5, 5.41) is 7.71. The SMILES string of the molecule is CCNC(=O)c1cccc(NC(=O)CN2C(=O)NC(C)(c3ccc(F)cc3Cl)C2=O)c1. The Bertz CT molecular complexity index is 1080. The number of nitrogens with zero attached hydrogens (tertiary/aromatic N) is 1. The van der Waals surface area contributed by atoms with Crippen LogP contribution in [0.3, 0.4) is 0 Å². The summed E-state index contributed by atoms with van der Waals surface area (Å²) in [5.41, 5.74) is -0.634. The van der Waals surface area contributed by atoms with Crippen molar-refractivity contribution in [2.24, 2.45) is 0 Å². The van der Waals surface area contributed by atoms with E-state index in [4.69, 9.17) is 11.6 Å². The van der Waals surface area contributed by atoms with Crippen LogP contribution >= 0.6 is 11.6 Å². The van der Waals surface area contributed by atoms with Gasteiger partial charge in [-0.1, -0.05) is 23.7 Å². The summed E-state index contributed by atoms with van der Waals surface area (Å²) in [6, 6.07) is 8.95. The summed E-state index contributed by atoms with van der Waals surface area (Å²) in [7, 11) is 0. The lowest BCUT2D eigenvalue weighted by atomic mass is 9.92. The summed E-state index contributed by atoms with van der Waals surface area (Å²) >= 11 is 6.06. The zero-order chi connectivity index (χ0) is 22.8. The van der Waals surface area contributed by atoms with Crippen LogP contribution in [0.2, 0.25) is 5.02 Å². The van der Waals surface area contributed by atoms with Crippen molar-refractivity contribution in [3.63, 3.8) is 0 Å². The smallest absolute Gasteiger partial charge is 0.325 e. The number of rotatable bonds is 6. The zero-order valence-electron chi connectivity index (χ0n) is 16.8. The number of amides is 5. The molecule has 0 spiro atoms. The lowest BCUT2D eigenvalue weighted by molar-refractivity contribution is -0.133. The minimum atomic E-state index is -1.54. The van der Waals surface area contributed by atoms with Crippen LogP contribution in [0.15, 0.2) is 42.5 Å². The van der Waals surface area contributed by atoms with Crippen LogP contribution in [0, 0.1) is 5.82 Å². The Hall–Kier alpha value is -3.46. The predicted molar refractivity (Wildman–Crippen MR) is 112 cm³/mol. The summed E-state index contributed by atoms with van der Waals surface area (Å²) < 4.78 is 13.4. The number of benzene rings is 2. The van der Waals surface area contributed by atoms with Crippen molar-refractivity contribution in [2.45, 2.75) is 19.4 Å². The average molecular weight is 447 g/mol. The average Bonchev–Trinajstić information content (AvgIpc) is 2.92. The van der Waals surface area contributed by atoms with E-state index in [1.54, 1.807) is 25.1 Å². The second-order valence-corrected chi connectivity index (χ2v) is 7.47. The summed E-state index contributed by atoms with van der Waals surface area (Å²) in [4.78, 5) is 50.5. The van der Waals surface area contributed by atoms with Crippen LogP contribution < -0.4 is 16.0 Å². The Labute approximate surface area is 182 Å². The van der Waals surface area contributed by atoms with Gasteiger partial charge in [0, 0.05) is 28.4 Å². The molecule has 0 bridgehead atoms. The maximum atomic E-state index is 13.4. The van der Waals surface area contributed by atoms with E-state index in [0.29, 0.717) is 17.8 Å². The molecule has 1 heterocycles. The number of hydrogen-bond donors (Lipinski definition) is 3. The Kier molecular flexibility index (Phi) is 6.26. The van der Waals surface area contributed by atoms with E-state index in [9.17, 15) is 23.6 Å². The zero-order valence-corrected chi connectivity index (χ0v) is 17.5. The summed E-state index contributed by atoms with van der Waals surface area (Å²) in [5.74, 6) is -2.21. The Morgan fingerprint density at radius 1 is 1.19 bits per heavy atom. The van der Waals surface area contributed by atoms with Gasteiger partial charge in [0.2, 0.25) is 5.91 Å². The molecule has 1 unspecified atom stereocenters. The van der Waals surface area contributed by atoms with Crippen molar-refractivity contribution in [3.05, 3.63) is 64.4 Å². The lowest BCUT2D eigenvalue weighted by Gasteiger charge is -2.23. The molecule has 1 saturated heterocycles. The molecule has 8 nitrogen and oxygen atoms in total. The molecule has 10 heteroatoms. The largest absolute Gasteiger partial charge is 0.352 e. The minimum Gasteiger partial charge on any atom is -0.352 e. The van der Waals surface area contributed by atoms with Crippen molar-refractivity contribution >= 4 is 41.0 Å². The fourth-order valence-corrected chi connectivity index (χ4v) is 3.62. The first-order valence-electron chi connectivity index (χ1n) is 9.43. The van der Waals surface area contributed by atoms with Gasteiger partial charge in [-0.05, 0) is 44.2 Å². The molecule has 0 saturated carbocycles. The number of urea groups is 1. The first kappa shape index (κ1) is 22.2. The maximum Gasteiger partial charge on any atom is 0.325 e. The van der Waals surface area contributed by atoms with Gasteiger partial charge in [0.1, 0.15) is 17.9 Å². The van der Waals surface area contributed by atoms with Gasteiger partial charge >= 0.3 is 6.03 Å². The molecule has 2 aromatic rings. The molecule has 0 aliphatic carbocycles. The molecule has 1 fully saturated rings. The number of imide groups is 1. The third kappa shape index (κ3) is 4.51. The van der Waals surface area contributed by atoms with Gasteiger partial charge in [-0.15, -0.1) is 0 Å². The highest BCUT2D eigenvalue weighted by molar-refractivity contribution is 6.32. The monoisotopic (exact) mass is 446 g/mol. The van der Waals surface area contributed by atoms with Gasteiger partial charge in [-0.2, -0.15) is 0 Å². The molecule has 1 atom stereocenters. The van der Waals surface area contributed by atoms with E-state index >= 15 is 0 Å². The molecular weight excluding hydrogens is 427 g/mol. The number of carbonyl (C=O) groups excluding carboxylic acids is 4. The van der Waals surface area contributed by atoms with Crippen LogP contribution in [-0.4, -0.2) is 41.7 Å². The fourth-order valence-electron chi connectivity index (χ4n) is 3.26. The number of halogens is 2. The van der Waals surface area contributed by atoms with Crippen molar-refractivity contribution in [1.82, 2.24) is 15.5 Å². The molecule has 31 heavy (non-hydrogen) atoms. The number of nitrogens with one attached hydrogen (secondary N) is 3. The molecule has 5 amide bonds. The lowest BCUT2D eigenvalue weighted by Crippen LogP contribution is -2.42. The van der Waals surface area contributed by atoms with Crippen LogP contribution in [0.4, 0.5) is 14.9 Å². The highest BCUT2D eigenvalue weighted by Gasteiger charge is 2.50. The summed E-state index contributed by atoms with van der Waals surface area (Å²) in [6.45, 7) is 3.12. The van der Waals surface area contributed by atoms with Crippen LogP contribution in [0.5, 0.6) is 0 Å². The Balaban J connectivity index is 1.74. The number of anilines is 1. The van der Waals surface area contributed by atoms with Crippen molar-refractivity contribution in [1.29, 1.82) is 0 Å². The highest BCUT2D eigenvalue weighted by atomic mass is 35.5. The van der Waals surface area contributed by atoms with Gasteiger partial charge in [0.05, 0.1) is 0 Å². The third-order valence-corrected chi connectivity index (χ3v) is 5.11. The molecule has 162 valence electrons. The first-order chi connectivity index (χ1) is 14.7. The van der Waals surface area contributed by atoms with Gasteiger partial charge in [-0.25, -0.2) is 9.18 Å². The molecule has 0 radical (unpaired) electrons. The van der Waals surface area contributed by atoms with Crippen LogP contribution in [0.25, 0.3) is 0 Å². The van der Waals surface area contributed by atoms with Gasteiger partial charge < -0.3 is 16.0 Å². The fraction of sp³-hybridized carbons (Fsp3) is 0.238. The van der Waals surface area contributed by atoms with E-state index in [0.717, 1.165) is 17.0 Å². The van der Waals surface area contributed by atoms with Crippen LogP contribution in [0.1, 0.15) is 29.8 Å².